The molecule has 2 aromatic rings. The predicted molar refractivity (Wildman–Crippen MR) is 88.2 cm³/mol. The average Bonchev–Trinajstić information content (AvgIpc) is 3.38. The quantitative estimate of drug-likeness (QED) is 0.874. The average molecular weight is 280 g/mol. The van der Waals surface area contributed by atoms with Gasteiger partial charge < -0.3 is 5.73 Å². The highest BCUT2D eigenvalue weighted by Gasteiger charge is 2.34. The van der Waals surface area contributed by atoms with E-state index >= 15 is 0 Å². The van der Waals surface area contributed by atoms with Gasteiger partial charge >= 0.3 is 0 Å². The molecule has 0 bridgehead atoms. The maximum atomic E-state index is 6.51. The molecule has 0 amide bonds. The van der Waals surface area contributed by atoms with Crippen molar-refractivity contribution >= 4 is 10.8 Å². The van der Waals surface area contributed by atoms with Crippen molar-refractivity contribution in [1.82, 2.24) is 4.90 Å². The van der Waals surface area contributed by atoms with Gasteiger partial charge in [-0.2, -0.15) is 0 Å². The molecule has 0 heterocycles. The Balaban J connectivity index is 1.49. The number of rotatable bonds is 6. The Bertz CT molecular complexity index is 628. The van der Waals surface area contributed by atoms with Gasteiger partial charge in [0.25, 0.3) is 0 Å². The van der Waals surface area contributed by atoms with Crippen LogP contribution >= 0.6 is 0 Å². The van der Waals surface area contributed by atoms with E-state index in [9.17, 15) is 0 Å². The Morgan fingerprint density at radius 3 is 2.48 bits per heavy atom. The summed E-state index contributed by atoms with van der Waals surface area (Å²) in [7, 11) is 0. The summed E-state index contributed by atoms with van der Waals surface area (Å²) in [6.45, 7) is 2.28. The minimum absolute atomic E-state index is 0.133. The molecule has 0 aliphatic heterocycles. The fourth-order valence-electron chi connectivity index (χ4n) is 3.24. The molecular weight excluding hydrogens is 256 g/mol. The highest BCUT2D eigenvalue weighted by molar-refractivity contribution is 5.83. The first kappa shape index (κ1) is 13.3. The predicted octanol–water partition coefficient (Wildman–Crippen LogP) is 3.71. The van der Waals surface area contributed by atoms with Crippen molar-refractivity contribution in [3.05, 3.63) is 48.0 Å². The fraction of sp³-hybridized carbons (Fsp3) is 0.474. The lowest BCUT2D eigenvalue weighted by Crippen LogP contribution is -2.35. The SMILES string of the molecule is NC(CN(CC1CC1)C1CC1)c1ccc2ccccc2c1. The van der Waals surface area contributed by atoms with Gasteiger partial charge in [-0.15, -0.1) is 0 Å². The van der Waals surface area contributed by atoms with Gasteiger partial charge in [-0.1, -0.05) is 36.4 Å². The number of hydrogen-bond donors (Lipinski definition) is 1. The summed E-state index contributed by atoms with van der Waals surface area (Å²) < 4.78 is 0. The summed E-state index contributed by atoms with van der Waals surface area (Å²) in [5, 5.41) is 2.59. The standard InChI is InChI=1S/C19H24N2/c20-19(13-21(18-9-10-18)12-14-5-6-14)17-8-7-15-3-1-2-4-16(15)11-17/h1-4,7-8,11,14,18-19H,5-6,9-10,12-13,20H2. The number of nitrogens with two attached hydrogens (primary N) is 1. The van der Waals surface area contributed by atoms with Crippen molar-refractivity contribution in [2.75, 3.05) is 13.1 Å². The molecule has 1 unspecified atom stereocenters. The topological polar surface area (TPSA) is 29.3 Å². The molecule has 110 valence electrons. The first-order valence-electron chi connectivity index (χ1n) is 8.28. The molecule has 2 heteroatoms. The maximum Gasteiger partial charge on any atom is 0.0424 e. The number of fused-ring (bicyclic) bond motifs is 1. The summed E-state index contributed by atoms with van der Waals surface area (Å²) in [5.41, 5.74) is 7.78. The zero-order valence-corrected chi connectivity index (χ0v) is 12.5. The fourth-order valence-corrected chi connectivity index (χ4v) is 3.24. The molecule has 2 aromatic carbocycles. The lowest BCUT2D eigenvalue weighted by molar-refractivity contribution is 0.237. The largest absolute Gasteiger partial charge is 0.323 e. The van der Waals surface area contributed by atoms with Crippen molar-refractivity contribution in [1.29, 1.82) is 0 Å². The van der Waals surface area contributed by atoms with E-state index < -0.39 is 0 Å². The van der Waals surface area contributed by atoms with Crippen molar-refractivity contribution in [3.63, 3.8) is 0 Å². The summed E-state index contributed by atoms with van der Waals surface area (Å²) in [5.74, 6) is 0.953. The molecular formula is C19H24N2. The van der Waals surface area contributed by atoms with E-state index in [1.165, 1.54) is 48.6 Å². The van der Waals surface area contributed by atoms with Crippen LogP contribution in [0.1, 0.15) is 37.3 Å². The highest BCUT2D eigenvalue weighted by Crippen LogP contribution is 2.35. The van der Waals surface area contributed by atoms with Gasteiger partial charge in [0, 0.05) is 25.2 Å². The van der Waals surface area contributed by atoms with Crippen LogP contribution in [0.2, 0.25) is 0 Å². The molecule has 4 rings (SSSR count). The highest BCUT2D eigenvalue weighted by atomic mass is 15.2. The zero-order valence-electron chi connectivity index (χ0n) is 12.5. The monoisotopic (exact) mass is 280 g/mol. The second kappa shape index (κ2) is 5.43. The van der Waals surface area contributed by atoms with E-state index in [2.05, 4.69) is 47.4 Å². The van der Waals surface area contributed by atoms with Crippen LogP contribution < -0.4 is 5.73 Å². The first-order valence-corrected chi connectivity index (χ1v) is 8.28. The summed E-state index contributed by atoms with van der Waals surface area (Å²) in [6, 6.07) is 16.1. The van der Waals surface area contributed by atoms with E-state index in [4.69, 9.17) is 5.73 Å². The Kier molecular flexibility index (Phi) is 3.44. The van der Waals surface area contributed by atoms with Crippen molar-refractivity contribution in [2.45, 2.75) is 37.8 Å². The molecule has 21 heavy (non-hydrogen) atoms. The molecule has 0 saturated heterocycles. The van der Waals surface area contributed by atoms with Crippen LogP contribution in [-0.2, 0) is 0 Å². The smallest absolute Gasteiger partial charge is 0.0424 e. The van der Waals surface area contributed by atoms with Gasteiger partial charge in [0.15, 0.2) is 0 Å². The molecule has 1 atom stereocenters. The lowest BCUT2D eigenvalue weighted by Gasteiger charge is -2.26. The third-order valence-electron chi connectivity index (χ3n) is 4.89. The van der Waals surface area contributed by atoms with Gasteiger partial charge in [-0.3, -0.25) is 4.90 Å². The molecule has 0 radical (unpaired) electrons. The van der Waals surface area contributed by atoms with Crippen LogP contribution in [0.3, 0.4) is 0 Å². The number of benzene rings is 2. The Labute approximate surface area is 126 Å². The maximum absolute atomic E-state index is 6.51. The van der Waals surface area contributed by atoms with Crippen LogP contribution in [-0.4, -0.2) is 24.0 Å². The number of nitrogens with zero attached hydrogens (tertiary/aromatic N) is 1. The minimum Gasteiger partial charge on any atom is -0.323 e. The summed E-state index contributed by atoms with van der Waals surface area (Å²) in [6.07, 6.45) is 5.59. The summed E-state index contributed by atoms with van der Waals surface area (Å²) in [4.78, 5) is 2.65. The zero-order chi connectivity index (χ0) is 14.2. The number of hydrogen-bond acceptors (Lipinski definition) is 2. The van der Waals surface area contributed by atoms with Gasteiger partial charge in [0.05, 0.1) is 0 Å². The third-order valence-corrected chi connectivity index (χ3v) is 4.89. The molecule has 2 aliphatic carbocycles. The van der Waals surface area contributed by atoms with Gasteiger partial charge in [-0.05, 0) is 54.0 Å². The van der Waals surface area contributed by atoms with Crippen LogP contribution in [0.25, 0.3) is 10.8 Å². The lowest BCUT2D eigenvalue weighted by atomic mass is 10.0. The second-order valence-corrected chi connectivity index (χ2v) is 6.84. The van der Waals surface area contributed by atoms with Crippen LogP contribution in [0.4, 0.5) is 0 Å². The Morgan fingerprint density at radius 1 is 1.00 bits per heavy atom. The van der Waals surface area contributed by atoms with E-state index in [0.717, 1.165) is 18.5 Å². The summed E-state index contributed by atoms with van der Waals surface area (Å²) >= 11 is 0. The first-order chi connectivity index (χ1) is 10.3. The van der Waals surface area contributed by atoms with Gasteiger partial charge in [0.2, 0.25) is 0 Å². The Morgan fingerprint density at radius 2 is 1.76 bits per heavy atom. The molecule has 2 saturated carbocycles. The molecule has 2 N–H and O–H groups in total. The minimum atomic E-state index is 0.133. The Hall–Kier alpha value is -1.38. The normalized spacial score (nSPS) is 20.1. The van der Waals surface area contributed by atoms with E-state index in [0.29, 0.717) is 0 Å². The van der Waals surface area contributed by atoms with Gasteiger partial charge in [0.1, 0.15) is 0 Å². The molecule has 0 aromatic heterocycles. The second-order valence-electron chi connectivity index (χ2n) is 6.84. The van der Waals surface area contributed by atoms with Crippen LogP contribution in [0.5, 0.6) is 0 Å². The van der Waals surface area contributed by atoms with E-state index in [1.54, 1.807) is 0 Å². The molecule has 2 aliphatic rings. The van der Waals surface area contributed by atoms with Crippen LogP contribution in [0.15, 0.2) is 42.5 Å². The molecule has 2 fully saturated rings. The van der Waals surface area contributed by atoms with Crippen molar-refractivity contribution in [3.8, 4) is 0 Å². The van der Waals surface area contributed by atoms with E-state index in [1.807, 2.05) is 0 Å². The molecule has 2 nitrogen and oxygen atoms in total. The molecule has 0 spiro atoms. The van der Waals surface area contributed by atoms with Crippen molar-refractivity contribution in [2.24, 2.45) is 11.7 Å². The van der Waals surface area contributed by atoms with Crippen LogP contribution in [0, 0.1) is 5.92 Å². The van der Waals surface area contributed by atoms with Gasteiger partial charge in [-0.25, -0.2) is 0 Å². The van der Waals surface area contributed by atoms with E-state index in [-0.39, 0.29) is 6.04 Å². The third kappa shape index (κ3) is 3.12. The van der Waals surface area contributed by atoms with Crippen molar-refractivity contribution < 1.29 is 0 Å².